The van der Waals surface area contributed by atoms with Crippen molar-refractivity contribution in [3.63, 3.8) is 0 Å². The van der Waals surface area contributed by atoms with Gasteiger partial charge in [-0.05, 0) is 0 Å². The molecule has 0 amide bonds. The summed E-state index contributed by atoms with van der Waals surface area (Å²) in [7, 11) is 2.41. The van der Waals surface area contributed by atoms with Crippen LogP contribution in [0.4, 0.5) is 0 Å². The van der Waals surface area contributed by atoms with E-state index in [1.165, 1.54) is 70.6 Å². The second-order valence-electron chi connectivity index (χ2n) is 5.15. The first kappa shape index (κ1) is 16.1. The van der Waals surface area contributed by atoms with E-state index in [0.29, 0.717) is 0 Å². The smallest absolute Gasteiger partial charge is 0.0917 e. The largest absolute Gasteiger partial charge is 0.110 e. The Morgan fingerprint density at radius 3 is 1.75 bits per heavy atom. The highest BCUT2D eigenvalue weighted by Crippen LogP contribution is 2.20. The fourth-order valence-corrected chi connectivity index (χ4v) is 2.39. The molecule has 16 heavy (non-hydrogen) atoms. The molecule has 95 valence electrons. The van der Waals surface area contributed by atoms with Crippen molar-refractivity contribution < 1.29 is 0 Å². The van der Waals surface area contributed by atoms with Gasteiger partial charge in [-0.3, -0.25) is 0 Å². The summed E-state index contributed by atoms with van der Waals surface area (Å²) < 4.78 is 0. The molecule has 0 aromatic carbocycles. The Morgan fingerprint density at radius 2 is 1.25 bits per heavy atom. The van der Waals surface area contributed by atoms with Crippen molar-refractivity contribution >= 4 is 7.28 Å². The topological polar surface area (TPSA) is 0 Å². The third kappa shape index (κ3) is 10.6. The van der Waals surface area contributed by atoms with Crippen molar-refractivity contribution in [2.75, 3.05) is 0 Å². The zero-order chi connectivity index (χ0) is 12.1. The SMILES string of the molecule is C[B]C(CCC)CCCCCCCCCC. The minimum atomic E-state index is 0.894. The van der Waals surface area contributed by atoms with Crippen LogP contribution in [0, 0.1) is 0 Å². The second-order valence-corrected chi connectivity index (χ2v) is 5.15. The minimum Gasteiger partial charge on any atom is -0.0917 e. The van der Waals surface area contributed by atoms with Crippen molar-refractivity contribution in [3.8, 4) is 0 Å². The van der Waals surface area contributed by atoms with Crippen LogP contribution in [-0.4, -0.2) is 7.28 Å². The fraction of sp³-hybridized carbons (Fsp3) is 1.00. The molecule has 0 N–H and O–H groups in total. The van der Waals surface area contributed by atoms with E-state index in [1.54, 1.807) is 0 Å². The molecule has 0 bridgehead atoms. The van der Waals surface area contributed by atoms with E-state index in [1.807, 2.05) is 0 Å². The summed E-state index contributed by atoms with van der Waals surface area (Å²) in [4.78, 5) is 0. The molecule has 0 aromatic heterocycles. The highest BCUT2D eigenvalue weighted by Gasteiger charge is 2.04. The molecule has 0 heterocycles. The van der Waals surface area contributed by atoms with Crippen LogP contribution in [0.3, 0.4) is 0 Å². The van der Waals surface area contributed by atoms with Crippen molar-refractivity contribution in [2.45, 2.75) is 97.1 Å². The molecule has 0 spiro atoms. The summed E-state index contributed by atoms with van der Waals surface area (Å²) in [6.07, 6.45) is 15.7. The fourth-order valence-electron chi connectivity index (χ4n) is 2.39. The van der Waals surface area contributed by atoms with Gasteiger partial charge in [0.1, 0.15) is 7.28 Å². The Hall–Kier alpha value is 0.0649. The third-order valence-electron chi connectivity index (χ3n) is 3.56. The zero-order valence-corrected chi connectivity index (χ0v) is 11.9. The van der Waals surface area contributed by atoms with Crippen LogP contribution in [0.2, 0.25) is 12.6 Å². The van der Waals surface area contributed by atoms with Crippen molar-refractivity contribution in [1.29, 1.82) is 0 Å². The van der Waals surface area contributed by atoms with Gasteiger partial charge < -0.3 is 0 Å². The Morgan fingerprint density at radius 1 is 0.688 bits per heavy atom. The van der Waals surface area contributed by atoms with Gasteiger partial charge in [-0.25, -0.2) is 0 Å². The van der Waals surface area contributed by atoms with Gasteiger partial charge in [-0.2, -0.15) is 0 Å². The van der Waals surface area contributed by atoms with Crippen LogP contribution < -0.4 is 0 Å². The third-order valence-corrected chi connectivity index (χ3v) is 3.56. The summed E-state index contributed by atoms with van der Waals surface area (Å²) in [6, 6.07) is 0. The molecule has 0 aromatic rings. The van der Waals surface area contributed by atoms with Gasteiger partial charge >= 0.3 is 0 Å². The van der Waals surface area contributed by atoms with Gasteiger partial charge in [0.25, 0.3) is 0 Å². The number of hydrogen-bond donors (Lipinski definition) is 0. The van der Waals surface area contributed by atoms with Crippen molar-refractivity contribution in [2.24, 2.45) is 0 Å². The van der Waals surface area contributed by atoms with Crippen LogP contribution in [-0.2, 0) is 0 Å². The maximum atomic E-state index is 2.41. The quantitative estimate of drug-likeness (QED) is 0.287. The predicted octanol–water partition coefficient (Wildman–Crippen LogP) is 5.86. The first-order chi connectivity index (χ1) is 7.85. The van der Waals surface area contributed by atoms with Crippen LogP contribution in [0.25, 0.3) is 0 Å². The Balaban J connectivity index is 3.12. The molecule has 1 atom stereocenters. The molecule has 0 nitrogen and oxygen atoms in total. The van der Waals surface area contributed by atoms with E-state index in [9.17, 15) is 0 Å². The van der Waals surface area contributed by atoms with E-state index in [2.05, 4.69) is 28.0 Å². The second kappa shape index (κ2) is 13.1. The van der Waals surface area contributed by atoms with Gasteiger partial charge in [0, 0.05) is 0 Å². The summed E-state index contributed by atoms with van der Waals surface area (Å²) >= 11 is 0. The van der Waals surface area contributed by atoms with Crippen LogP contribution >= 0.6 is 0 Å². The number of rotatable bonds is 12. The van der Waals surface area contributed by atoms with Crippen LogP contribution in [0.15, 0.2) is 0 Å². The normalized spacial score (nSPS) is 12.7. The van der Waals surface area contributed by atoms with Crippen molar-refractivity contribution in [1.82, 2.24) is 0 Å². The lowest BCUT2D eigenvalue weighted by atomic mass is 9.63. The van der Waals surface area contributed by atoms with E-state index < -0.39 is 0 Å². The molecule has 0 aliphatic heterocycles. The van der Waals surface area contributed by atoms with Gasteiger partial charge in [-0.15, -0.1) is 0 Å². The lowest BCUT2D eigenvalue weighted by molar-refractivity contribution is 0.546. The van der Waals surface area contributed by atoms with Crippen molar-refractivity contribution in [3.05, 3.63) is 0 Å². The van der Waals surface area contributed by atoms with E-state index in [-0.39, 0.29) is 0 Å². The molecule has 1 heteroatoms. The molecule has 1 unspecified atom stereocenters. The lowest BCUT2D eigenvalue weighted by Gasteiger charge is -2.12. The average molecular weight is 223 g/mol. The summed E-state index contributed by atoms with van der Waals surface area (Å²) in [5.41, 5.74) is 0. The van der Waals surface area contributed by atoms with Crippen LogP contribution in [0.1, 0.15) is 84.5 Å². The average Bonchev–Trinajstić information content (AvgIpc) is 2.31. The molecule has 0 fully saturated rings. The predicted molar refractivity (Wildman–Crippen MR) is 77.5 cm³/mol. The molecular formula is C15H32B. The standard InChI is InChI=1S/C15H32B/c1-4-6-7-8-9-10-11-12-14-15(16-3)13-5-2/h15H,4-14H2,1-3H3. The Kier molecular flexibility index (Phi) is 13.2. The maximum absolute atomic E-state index is 2.41. The first-order valence-electron chi connectivity index (χ1n) is 7.64. The highest BCUT2D eigenvalue weighted by atomic mass is 14.0. The molecule has 0 rings (SSSR count). The first-order valence-corrected chi connectivity index (χ1v) is 7.64. The molecule has 0 aliphatic carbocycles. The molecule has 0 aliphatic rings. The minimum absolute atomic E-state index is 0.894. The zero-order valence-electron chi connectivity index (χ0n) is 11.9. The van der Waals surface area contributed by atoms with Gasteiger partial charge in [0.05, 0.1) is 0 Å². The highest BCUT2D eigenvalue weighted by molar-refractivity contribution is 6.35. The monoisotopic (exact) mass is 223 g/mol. The van der Waals surface area contributed by atoms with E-state index >= 15 is 0 Å². The number of unbranched alkanes of at least 4 members (excludes halogenated alkanes) is 7. The van der Waals surface area contributed by atoms with Crippen LogP contribution in [0.5, 0.6) is 0 Å². The Bertz CT molecular complexity index is 123. The molecule has 1 radical (unpaired) electrons. The molecular weight excluding hydrogens is 191 g/mol. The Labute approximate surface area is 105 Å². The van der Waals surface area contributed by atoms with Gasteiger partial charge in [0.2, 0.25) is 0 Å². The summed E-state index contributed by atoms with van der Waals surface area (Å²) in [6.45, 7) is 6.81. The summed E-state index contributed by atoms with van der Waals surface area (Å²) in [5.74, 6) is 0.894. The maximum Gasteiger partial charge on any atom is 0.110 e. The van der Waals surface area contributed by atoms with Gasteiger partial charge in [-0.1, -0.05) is 97.1 Å². The van der Waals surface area contributed by atoms with E-state index in [0.717, 1.165) is 5.82 Å². The van der Waals surface area contributed by atoms with Gasteiger partial charge in [0.15, 0.2) is 0 Å². The van der Waals surface area contributed by atoms with E-state index in [4.69, 9.17) is 0 Å². The number of hydrogen-bond acceptors (Lipinski definition) is 0. The molecule has 0 saturated heterocycles. The lowest BCUT2D eigenvalue weighted by Crippen LogP contribution is -1.99. The molecule has 0 saturated carbocycles. The summed E-state index contributed by atoms with van der Waals surface area (Å²) in [5, 5.41) is 0.